The minimum absolute atomic E-state index is 0.0492. The van der Waals surface area contributed by atoms with Crippen molar-refractivity contribution in [2.24, 2.45) is 0 Å². The van der Waals surface area contributed by atoms with Crippen LogP contribution in [0, 0.1) is 5.82 Å². The molecule has 0 saturated carbocycles. The lowest BCUT2D eigenvalue weighted by molar-refractivity contribution is -0.142. The molecule has 0 radical (unpaired) electrons. The van der Waals surface area contributed by atoms with Gasteiger partial charge >= 0.3 is 12.6 Å². The fourth-order valence-corrected chi connectivity index (χ4v) is 1.88. The van der Waals surface area contributed by atoms with E-state index in [1.54, 1.807) is 6.07 Å². The molecule has 1 N–H and O–H groups in total. The van der Waals surface area contributed by atoms with Crippen molar-refractivity contribution in [2.75, 3.05) is 11.9 Å². The Morgan fingerprint density at radius 3 is 2.50 bits per heavy atom. The van der Waals surface area contributed by atoms with Gasteiger partial charge in [0.15, 0.2) is 6.61 Å². The molecule has 2 aromatic carbocycles. The van der Waals surface area contributed by atoms with Crippen molar-refractivity contribution in [2.45, 2.75) is 6.61 Å². The summed E-state index contributed by atoms with van der Waals surface area (Å²) in [5.74, 6) is -1.87. The topological polar surface area (TPSA) is 64.6 Å². The van der Waals surface area contributed by atoms with Crippen molar-refractivity contribution in [3.63, 3.8) is 0 Å². The molecule has 5 nitrogen and oxygen atoms in total. The molecule has 26 heavy (non-hydrogen) atoms. The Labute approximate surface area is 147 Å². The van der Waals surface area contributed by atoms with Gasteiger partial charge in [-0.25, -0.2) is 9.18 Å². The van der Waals surface area contributed by atoms with Crippen LogP contribution in [0.1, 0.15) is 5.56 Å². The first kappa shape index (κ1) is 19.0. The van der Waals surface area contributed by atoms with Gasteiger partial charge in [0.2, 0.25) is 0 Å². The Morgan fingerprint density at radius 1 is 1.12 bits per heavy atom. The van der Waals surface area contributed by atoms with Crippen molar-refractivity contribution in [1.29, 1.82) is 0 Å². The predicted molar refractivity (Wildman–Crippen MR) is 88.1 cm³/mol. The molecule has 8 heteroatoms. The number of benzene rings is 2. The lowest BCUT2D eigenvalue weighted by atomic mass is 10.2. The number of hydrogen-bond acceptors (Lipinski definition) is 4. The average Bonchev–Trinajstić information content (AvgIpc) is 2.59. The smallest absolute Gasteiger partial charge is 0.387 e. The average molecular weight is 365 g/mol. The van der Waals surface area contributed by atoms with E-state index in [1.807, 2.05) is 0 Å². The third-order valence-corrected chi connectivity index (χ3v) is 2.97. The molecule has 0 spiro atoms. The Kier molecular flexibility index (Phi) is 6.78. The number of anilines is 1. The number of amides is 1. The summed E-state index contributed by atoms with van der Waals surface area (Å²) in [7, 11) is 0. The number of halogens is 3. The van der Waals surface area contributed by atoms with Crippen LogP contribution in [0.25, 0.3) is 6.08 Å². The van der Waals surface area contributed by atoms with Gasteiger partial charge in [0.1, 0.15) is 11.6 Å². The van der Waals surface area contributed by atoms with Crippen LogP contribution in [0.5, 0.6) is 5.75 Å². The van der Waals surface area contributed by atoms with Crippen molar-refractivity contribution in [3.05, 3.63) is 66.0 Å². The zero-order valence-electron chi connectivity index (χ0n) is 13.3. The van der Waals surface area contributed by atoms with Crippen LogP contribution in [0.15, 0.2) is 54.6 Å². The second-order valence-corrected chi connectivity index (χ2v) is 4.95. The maximum absolute atomic E-state index is 13.0. The van der Waals surface area contributed by atoms with Gasteiger partial charge in [-0.2, -0.15) is 8.78 Å². The highest BCUT2D eigenvalue weighted by Gasteiger charge is 2.07. The van der Waals surface area contributed by atoms with Gasteiger partial charge in [0.25, 0.3) is 5.91 Å². The van der Waals surface area contributed by atoms with E-state index in [4.69, 9.17) is 4.74 Å². The number of ether oxygens (including phenoxy) is 2. The van der Waals surface area contributed by atoms with E-state index >= 15 is 0 Å². The first-order chi connectivity index (χ1) is 12.4. The number of alkyl halides is 2. The van der Waals surface area contributed by atoms with Gasteiger partial charge in [0.05, 0.1) is 0 Å². The largest absolute Gasteiger partial charge is 0.452 e. The molecular weight excluding hydrogens is 351 g/mol. The molecule has 0 aliphatic carbocycles. The molecule has 0 aliphatic heterocycles. The summed E-state index contributed by atoms with van der Waals surface area (Å²) in [4.78, 5) is 23.2. The quantitative estimate of drug-likeness (QED) is 0.601. The van der Waals surface area contributed by atoms with Gasteiger partial charge in [-0.3, -0.25) is 4.79 Å². The summed E-state index contributed by atoms with van der Waals surface area (Å²) in [6.07, 6.45) is 2.42. The number of hydrogen-bond donors (Lipinski definition) is 1. The van der Waals surface area contributed by atoms with Crippen molar-refractivity contribution in [3.8, 4) is 5.75 Å². The van der Waals surface area contributed by atoms with E-state index < -0.39 is 30.9 Å². The lowest BCUT2D eigenvalue weighted by Crippen LogP contribution is -2.20. The van der Waals surface area contributed by atoms with Gasteiger partial charge in [-0.1, -0.05) is 12.1 Å². The number of esters is 1. The zero-order valence-corrected chi connectivity index (χ0v) is 13.3. The number of carbonyl (C=O) groups excluding carboxylic acids is 2. The van der Waals surface area contributed by atoms with Crippen molar-refractivity contribution < 1.29 is 32.2 Å². The normalized spacial score (nSPS) is 10.8. The molecule has 136 valence electrons. The summed E-state index contributed by atoms with van der Waals surface area (Å²) in [6.45, 7) is -3.47. The van der Waals surface area contributed by atoms with E-state index in [9.17, 15) is 22.8 Å². The summed E-state index contributed by atoms with van der Waals surface area (Å²) in [5.41, 5.74) is 0.792. The molecule has 0 aliphatic rings. The summed E-state index contributed by atoms with van der Waals surface area (Å²) >= 11 is 0. The van der Waals surface area contributed by atoms with Crippen LogP contribution in [0.2, 0.25) is 0 Å². The second kappa shape index (κ2) is 9.26. The van der Waals surface area contributed by atoms with Crippen LogP contribution in [-0.2, 0) is 14.3 Å². The number of carbonyl (C=O) groups is 2. The molecule has 0 bridgehead atoms. The van der Waals surface area contributed by atoms with E-state index in [2.05, 4.69) is 10.1 Å². The summed E-state index contributed by atoms with van der Waals surface area (Å²) < 4.78 is 46.0. The van der Waals surface area contributed by atoms with Crippen molar-refractivity contribution >= 4 is 23.6 Å². The zero-order chi connectivity index (χ0) is 18.9. The molecule has 0 aromatic heterocycles. The first-order valence-electron chi connectivity index (χ1n) is 7.37. The highest BCUT2D eigenvalue weighted by molar-refractivity contribution is 5.94. The molecular formula is C18H14F3NO4. The highest BCUT2D eigenvalue weighted by atomic mass is 19.3. The summed E-state index contributed by atoms with van der Waals surface area (Å²) in [6, 6.07) is 10.8. The molecule has 0 unspecified atom stereocenters. The van der Waals surface area contributed by atoms with Crippen LogP contribution in [0.4, 0.5) is 18.9 Å². The maximum atomic E-state index is 13.0. The van der Waals surface area contributed by atoms with E-state index in [-0.39, 0.29) is 5.75 Å². The Hall–Kier alpha value is -3.29. The van der Waals surface area contributed by atoms with Gasteiger partial charge in [-0.15, -0.1) is 0 Å². The van der Waals surface area contributed by atoms with Crippen LogP contribution >= 0.6 is 0 Å². The minimum atomic E-state index is -2.93. The first-order valence-corrected chi connectivity index (χ1v) is 7.37. The molecule has 0 heterocycles. The molecule has 0 fully saturated rings. The predicted octanol–water partition coefficient (Wildman–Crippen LogP) is 3.62. The third-order valence-electron chi connectivity index (χ3n) is 2.97. The van der Waals surface area contributed by atoms with Crippen molar-refractivity contribution in [1.82, 2.24) is 0 Å². The highest BCUT2D eigenvalue weighted by Crippen LogP contribution is 2.17. The van der Waals surface area contributed by atoms with Gasteiger partial charge in [-0.05, 0) is 48.0 Å². The standard InChI is InChI=1S/C18H14F3NO4/c19-13-3-1-2-12(10-13)4-9-17(24)25-11-16(23)22-14-5-7-15(8-6-14)26-18(20)21/h1-10,18H,11H2,(H,22,23)/b9-4+. The molecule has 1 amide bonds. The Balaban J connectivity index is 1.78. The van der Waals surface area contributed by atoms with Gasteiger partial charge < -0.3 is 14.8 Å². The Bertz CT molecular complexity index is 791. The van der Waals surface area contributed by atoms with Crippen LogP contribution < -0.4 is 10.1 Å². The molecule has 0 saturated heterocycles. The van der Waals surface area contributed by atoms with E-state index in [0.29, 0.717) is 11.3 Å². The number of nitrogens with one attached hydrogen (secondary N) is 1. The second-order valence-electron chi connectivity index (χ2n) is 4.95. The monoisotopic (exact) mass is 365 g/mol. The van der Waals surface area contributed by atoms with Gasteiger partial charge in [0, 0.05) is 11.8 Å². The fraction of sp³-hybridized carbons (Fsp3) is 0.111. The lowest BCUT2D eigenvalue weighted by Gasteiger charge is -2.07. The summed E-state index contributed by atoms with van der Waals surface area (Å²) in [5, 5.41) is 2.43. The Morgan fingerprint density at radius 2 is 1.85 bits per heavy atom. The minimum Gasteiger partial charge on any atom is -0.452 e. The van der Waals surface area contributed by atoms with Crippen LogP contribution in [-0.4, -0.2) is 25.1 Å². The van der Waals surface area contributed by atoms with Crippen LogP contribution in [0.3, 0.4) is 0 Å². The number of rotatable bonds is 7. The maximum Gasteiger partial charge on any atom is 0.387 e. The molecule has 2 rings (SSSR count). The van der Waals surface area contributed by atoms with E-state index in [1.165, 1.54) is 48.5 Å². The third kappa shape index (κ3) is 6.68. The molecule has 2 aromatic rings. The fourth-order valence-electron chi connectivity index (χ4n) is 1.88. The van der Waals surface area contributed by atoms with E-state index in [0.717, 1.165) is 6.08 Å². The SMILES string of the molecule is O=C(COC(=O)/C=C/c1cccc(F)c1)Nc1ccc(OC(F)F)cc1. The molecule has 0 atom stereocenters.